The Kier molecular flexibility index (Phi) is 5.17. The zero-order chi connectivity index (χ0) is 11.1. The second-order valence-corrected chi connectivity index (χ2v) is 2.98. The maximum atomic E-state index is 13.1. The van der Waals surface area contributed by atoms with E-state index in [0.717, 1.165) is 6.20 Å². The minimum atomic E-state index is -0.968. The van der Waals surface area contributed by atoms with Crippen LogP contribution in [0.2, 0.25) is 0 Å². The van der Waals surface area contributed by atoms with Crippen LogP contribution in [0.1, 0.15) is 11.7 Å². The van der Waals surface area contributed by atoms with E-state index in [0.29, 0.717) is 13.2 Å². The summed E-state index contributed by atoms with van der Waals surface area (Å²) in [6.07, 6.45) is 1.52. The number of hydrogen-bond donors (Lipinski definition) is 1. The van der Waals surface area contributed by atoms with Gasteiger partial charge in [0.05, 0.1) is 26.0 Å². The van der Waals surface area contributed by atoms with Crippen LogP contribution in [0.5, 0.6) is 0 Å². The van der Waals surface area contributed by atoms with Gasteiger partial charge in [0.25, 0.3) is 0 Å². The molecule has 84 valence electrons. The topological polar surface area (TPSA) is 51.6 Å². The van der Waals surface area contributed by atoms with E-state index in [9.17, 15) is 9.50 Å². The molecule has 0 aliphatic rings. The molecule has 1 unspecified atom stereocenters. The van der Waals surface area contributed by atoms with Crippen LogP contribution in [0, 0.1) is 5.82 Å². The Labute approximate surface area is 87.7 Å². The summed E-state index contributed by atoms with van der Waals surface area (Å²) in [6.45, 7) is 0.871. The van der Waals surface area contributed by atoms with Crippen LogP contribution >= 0.6 is 0 Å². The molecule has 1 heterocycles. The smallest absolute Gasteiger partial charge is 0.147 e. The SMILES string of the molecule is COCCOCC(O)c1ccncc1F. The predicted octanol–water partition coefficient (Wildman–Crippen LogP) is 0.917. The average molecular weight is 215 g/mol. The van der Waals surface area contributed by atoms with Crippen LogP contribution in [-0.2, 0) is 9.47 Å². The molecule has 0 radical (unpaired) electrons. The Balaban J connectivity index is 2.40. The monoisotopic (exact) mass is 215 g/mol. The Bertz CT molecular complexity index is 296. The third-order valence-electron chi connectivity index (χ3n) is 1.87. The van der Waals surface area contributed by atoms with Gasteiger partial charge in [-0.25, -0.2) is 4.39 Å². The lowest BCUT2D eigenvalue weighted by Crippen LogP contribution is -2.11. The highest BCUT2D eigenvalue weighted by molar-refractivity contribution is 5.15. The van der Waals surface area contributed by atoms with Crippen LogP contribution in [0.25, 0.3) is 0 Å². The lowest BCUT2D eigenvalue weighted by Gasteiger charge is -2.11. The number of ether oxygens (including phenoxy) is 2. The number of aliphatic hydroxyl groups excluding tert-OH is 1. The maximum absolute atomic E-state index is 13.1. The third kappa shape index (κ3) is 3.91. The molecule has 0 aliphatic heterocycles. The third-order valence-corrected chi connectivity index (χ3v) is 1.87. The summed E-state index contributed by atoms with van der Waals surface area (Å²) in [5, 5.41) is 9.57. The molecule has 5 heteroatoms. The van der Waals surface area contributed by atoms with Gasteiger partial charge in [-0.15, -0.1) is 0 Å². The molecule has 1 atom stereocenters. The number of nitrogens with zero attached hydrogens (tertiary/aromatic N) is 1. The second-order valence-electron chi connectivity index (χ2n) is 2.98. The van der Waals surface area contributed by atoms with Crippen molar-refractivity contribution < 1.29 is 19.0 Å². The lowest BCUT2D eigenvalue weighted by molar-refractivity contribution is 0.0113. The highest BCUT2D eigenvalue weighted by Gasteiger charge is 2.12. The fourth-order valence-corrected chi connectivity index (χ4v) is 1.08. The molecule has 0 amide bonds. The number of methoxy groups -OCH3 is 1. The fourth-order valence-electron chi connectivity index (χ4n) is 1.08. The van der Waals surface area contributed by atoms with Crippen molar-refractivity contribution in [2.45, 2.75) is 6.10 Å². The normalized spacial score (nSPS) is 12.7. The molecule has 0 bridgehead atoms. The molecule has 0 saturated heterocycles. The molecule has 0 spiro atoms. The van der Waals surface area contributed by atoms with Gasteiger partial charge in [0.15, 0.2) is 0 Å². The molecule has 1 aromatic rings. The van der Waals surface area contributed by atoms with Crippen molar-refractivity contribution in [2.24, 2.45) is 0 Å². The summed E-state index contributed by atoms with van der Waals surface area (Å²) < 4.78 is 23.0. The summed E-state index contributed by atoms with van der Waals surface area (Å²) >= 11 is 0. The van der Waals surface area contributed by atoms with E-state index < -0.39 is 11.9 Å². The minimum Gasteiger partial charge on any atom is -0.386 e. The lowest BCUT2D eigenvalue weighted by atomic mass is 10.1. The fraction of sp³-hybridized carbons (Fsp3) is 0.500. The van der Waals surface area contributed by atoms with E-state index in [1.165, 1.54) is 12.3 Å². The minimum absolute atomic E-state index is 0.0459. The van der Waals surface area contributed by atoms with Crippen molar-refractivity contribution in [3.05, 3.63) is 29.8 Å². The Morgan fingerprint density at radius 2 is 2.33 bits per heavy atom. The van der Waals surface area contributed by atoms with Crippen molar-refractivity contribution in [3.63, 3.8) is 0 Å². The molecule has 4 nitrogen and oxygen atoms in total. The second kappa shape index (κ2) is 6.44. The molecule has 0 saturated carbocycles. The Morgan fingerprint density at radius 1 is 1.53 bits per heavy atom. The van der Waals surface area contributed by atoms with Crippen LogP contribution in [0.4, 0.5) is 4.39 Å². The molecule has 0 aliphatic carbocycles. The number of aromatic nitrogens is 1. The van der Waals surface area contributed by atoms with E-state index in [4.69, 9.17) is 9.47 Å². The van der Waals surface area contributed by atoms with Crippen LogP contribution in [-0.4, -0.2) is 37.0 Å². The van der Waals surface area contributed by atoms with E-state index >= 15 is 0 Å². The maximum Gasteiger partial charge on any atom is 0.147 e. The first-order chi connectivity index (χ1) is 7.25. The summed E-state index contributed by atoms with van der Waals surface area (Å²) in [4.78, 5) is 3.59. The highest BCUT2D eigenvalue weighted by Crippen LogP contribution is 2.15. The van der Waals surface area contributed by atoms with Gasteiger partial charge < -0.3 is 14.6 Å². The average Bonchev–Trinajstić information content (AvgIpc) is 2.25. The molecular formula is C10H14FNO3. The van der Waals surface area contributed by atoms with E-state index in [1.54, 1.807) is 7.11 Å². The zero-order valence-corrected chi connectivity index (χ0v) is 8.52. The number of aliphatic hydroxyl groups is 1. The van der Waals surface area contributed by atoms with Crippen molar-refractivity contribution in [2.75, 3.05) is 26.9 Å². The molecule has 0 fully saturated rings. The van der Waals surface area contributed by atoms with Gasteiger partial charge in [-0.1, -0.05) is 0 Å². The standard InChI is InChI=1S/C10H14FNO3/c1-14-4-5-15-7-10(13)8-2-3-12-6-9(8)11/h2-3,6,10,13H,4-5,7H2,1H3. The van der Waals surface area contributed by atoms with Crippen LogP contribution < -0.4 is 0 Å². The number of halogens is 1. The van der Waals surface area contributed by atoms with Crippen molar-refractivity contribution in [1.82, 2.24) is 4.98 Å². The Hall–Kier alpha value is -1.04. The van der Waals surface area contributed by atoms with Gasteiger partial charge in [-0.05, 0) is 6.07 Å². The van der Waals surface area contributed by atoms with Crippen molar-refractivity contribution >= 4 is 0 Å². The summed E-state index contributed by atoms with van der Waals surface area (Å²) in [6, 6.07) is 1.43. The van der Waals surface area contributed by atoms with E-state index in [2.05, 4.69) is 4.98 Å². The number of hydrogen-bond acceptors (Lipinski definition) is 4. The quantitative estimate of drug-likeness (QED) is 0.717. The molecule has 1 N–H and O–H groups in total. The number of pyridine rings is 1. The van der Waals surface area contributed by atoms with Gasteiger partial charge in [-0.3, -0.25) is 4.98 Å². The first-order valence-corrected chi connectivity index (χ1v) is 4.60. The summed E-state index contributed by atoms with van der Waals surface area (Å²) in [7, 11) is 1.56. The largest absolute Gasteiger partial charge is 0.386 e. The van der Waals surface area contributed by atoms with Gasteiger partial charge >= 0.3 is 0 Å². The number of rotatable bonds is 6. The summed E-state index contributed by atoms with van der Waals surface area (Å²) in [5.74, 6) is -0.527. The van der Waals surface area contributed by atoms with Gasteiger partial charge in [-0.2, -0.15) is 0 Å². The van der Waals surface area contributed by atoms with Crippen LogP contribution in [0.15, 0.2) is 18.5 Å². The molecule has 0 aromatic carbocycles. The van der Waals surface area contributed by atoms with Gasteiger partial charge in [0.2, 0.25) is 0 Å². The predicted molar refractivity (Wildman–Crippen MR) is 51.8 cm³/mol. The van der Waals surface area contributed by atoms with E-state index in [-0.39, 0.29) is 12.2 Å². The van der Waals surface area contributed by atoms with E-state index in [1.807, 2.05) is 0 Å². The first kappa shape index (κ1) is 12.0. The Morgan fingerprint density at radius 3 is 3.00 bits per heavy atom. The molecule has 15 heavy (non-hydrogen) atoms. The summed E-state index contributed by atoms with van der Waals surface area (Å²) in [5.41, 5.74) is 0.197. The molecule has 1 aromatic heterocycles. The van der Waals surface area contributed by atoms with Crippen molar-refractivity contribution in [1.29, 1.82) is 0 Å². The van der Waals surface area contributed by atoms with Gasteiger partial charge in [0, 0.05) is 18.9 Å². The zero-order valence-electron chi connectivity index (χ0n) is 8.52. The highest BCUT2D eigenvalue weighted by atomic mass is 19.1. The molecular weight excluding hydrogens is 201 g/mol. The van der Waals surface area contributed by atoms with Gasteiger partial charge in [0.1, 0.15) is 11.9 Å². The molecule has 1 rings (SSSR count). The van der Waals surface area contributed by atoms with Crippen LogP contribution in [0.3, 0.4) is 0 Å². The van der Waals surface area contributed by atoms with Crippen molar-refractivity contribution in [3.8, 4) is 0 Å². The first-order valence-electron chi connectivity index (χ1n) is 4.60.